The molecule has 0 aliphatic heterocycles. The van der Waals surface area contributed by atoms with Gasteiger partial charge in [-0.2, -0.15) is 39.5 Å². The van der Waals surface area contributed by atoms with E-state index in [2.05, 4.69) is 0 Å². The first kappa shape index (κ1) is 19.1. The zero-order valence-corrected chi connectivity index (χ0v) is 8.81. The van der Waals surface area contributed by atoms with Crippen LogP contribution in [0.25, 0.3) is 0 Å². The third-order valence-electron chi connectivity index (χ3n) is 1.71. The summed E-state index contributed by atoms with van der Waals surface area (Å²) in [4.78, 5) is 0. The number of ether oxygens (including phenoxy) is 1. The molecule has 1 nitrogen and oxygen atoms in total. The van der Waals surface area contributed by atoms with E-state index < -0.39 is 43.3 Å². The predicted molar refractivity (Wildman–Crippen MR) is 37.5 cm³/mol. The molecular weight excluding hydrogens is 328 g/mol. The number of hydrogen-bond donors (Lipinski definition) is 0. The molecule has 0 aliphatic rings. The minimum atomic E-state index is -6.59. The summed E-state index contributed by atoms with van der Waals surface area (Å²) in [5, 5.41) is 0. The second-order valence-corrected chi connectivity index (χ2v) is 3.39. The highest BCUT2D eigenvalue weighted by Gasteiger charge is 2.69. The molecule has 0 aliphatic carbocycles. The van der Waals surface area contributed by atoms with Crippen molar-refractivity contribution in [3.05, 3.63) is 0 Å². The Hall–Kier alpha value is -0.880. The molecule has 0 N–H and O–H groups in total. The van der Waals surface area contributed by atoms with Crippen LogP contribution in [-0.2, 0) is 4.74 Å². The van der Waals surface area contributed by atoms with Crippen LogP contribution in [-0.4, -0.2) is 36.9 Å². The first-order valence-electron chi connectivity index (χ1n) is 4.35. The fourth-order valence-corrected chi connectivity index (χ4v) is 0.797. The molecule has 1 atom stereocenters. The average molecular weight is 332 g/mol. The summed E-state index contributed by atoms with van der Waals surface area (Å²) in [7, 11) is 0. The third-order valence-corrected chi connectivity index (χ3v) is 1.71. The molecule has 1 unspecified atom stereocenters. The van der Waals surface area contributed by atoms with E-state index in [0.717, 1.165) is 0 Å². The molecular formula is C7H4F12O. The van der Waals surface area contributed by atoms with Crippen molar-refractivity contribution in [2.75, 3.05) is 0 Å². The Labute approximate surface area is 102 Å². The second kappa shape index (κ2) is 5.48. The quantitative estimate of drug-likeness (QED) is 0.656. The summed E-state index contributed by atoms with van der Waals surface area (Å²) in [5.41, 5.74) is 0. The summed E-state index contributed by atoms with van der Waals surface area (Å²) < 4.78 is 146. The highest BCUT2D eigenvalue weighted by molar-refractivity contribution is 4.87. The zero-order chi connectivity index (χ0) is 16.6. The molecule has 0 saturated carbocycles. The van der Waals surface area contributed by atoms with E-state index in [4.69, 9.17) is 0 Å². The zero-order valence-electron chi connectivity index (χ0n) is 8.81. The summed E-state index contributed by atoms with van der Waals surface area (Å²) in [6.45, 7) is 0. The van der Waals surface area contributed by atoms with E-state index in [-0.39, 0.29) is 0 Å². The van der Waals surface area contributed by atoms with Gasteiger partial charge < -0.3 is 0 Å². The monoisotopic (exact) mass is 332 g/mol. The Morgan fingerprint density at radius 2 is 1.15 bits per heavy atom. The van der Waals surface area contributed by atoms with Crippen LogP contribution < -0.4 is 0 Å². The minimum Gasteiger partial charge on any atom is -0.246 e. The Morgan fingerprint density at radius 1 is 0.750 bits per heavy atom. The van der Waals surface area contributed by atoms with Crippen molar-refractivity contribution in [3.63, 3.8) is 0 Å². The SMILES string of the molecule is FC(F)C(F)(F)OC(F)(F)C(F)(F)C(F)CC(F)(F)F. The number of hydrogen-bond acceptors (Lipinski definition) is 1. The van der Waals surface area contributed by atoms with Crippen molar-refractivity contribution in [3.8, 4) is 0 Å². The van der Waals surface area contributed by atoms with Crippen LogP contribution in [0, 0.1) is 0 Å². The van der Waals surface area contributed by atoms with Gasteiger partial charge in [-0.3, -0.25) is 0 Å². The molecule has 0 bridgehead atoms. The fraction of sp³-hybridized carbons (Fsp3) is 1.00. The van der Waals surface area contributed by atoms with Crippen LogP contribution in [0.5, 0.6) is 0 Å². The van der Waals surface area contributed by atoms with E-state index in [9.17, 15) is 52.7 Å². The molecule has 20 heavy (non-hydrogen) atoms. The molecule has 0 aromatic rings. The molecule has 0 aromatic heterocycles. The van der Waals surface area contributed by atoms with Crippen LogP contribution in [0.4, 0.5) is 52.7 Å². The summed E-state index contributed by atoms with van der Waals surface area (Å²) in [6, 6.07) is 0. The van der Waals surface area contributed by atoms with Gasteiger partial charge in [0.25, 0.3) is 0 Å². The lowest BCUT2D eigenvalue weighted by Crippen LogP contribution is -2.54. The fourth-order valence-electron chi connectivity index (χ4n) is 0.797. The van der Waals surface area contributed by atoms with Crippen molar-refractivity contribution in [2.45, 2.75) is 43.3 Å². The van der Waals surface area contributed by atoms with Gasteiger partial charge in [-0.1, -0.05) is 0 Å². The van der Waals surface area contributed by atoms with E-state index in [0.29, 0.717) is 0 Å². The topological polar surface area (TPSA) is 9.23 Å². The number of alkyl halides is 12. The van der Waals surface area contributed by atoms with Gasteiger partial charge >= 0.3 is 30.7 Å². The van der Waals surface area contributed by atoms with Crippen molar-refractivity contribution < 1.29 is 57.4 Å². The maximum atomic E-state index is 12.6. The Balaban J connectivity index is 5.16. The third kappa shape index (κ3) is 4.59. The average Bonchev–Trinajstić information content (AvgIpc) is 2.12. The molecule has 122 valence electrons. The van der Waals surface area contributed by atoms with Crippen LogP contribution in [0.15, 0.2) is 0 Å². The van der Waals surface area contributed by atoms with E-state index in [1.807, 2.05) is 4.74 Å². The molecule has 0 rings (SSSR count). The van der Waals surface area contributed by atoms with Crippen LogP contribution in [0.3, 0.4) is 0 Å². The summed E-state index contributed by atoms with van der Waals surface area (Å²) >= 11 is 0. The highest BCUT2D eigenvalue weighted by Crippen LogP contribution is 2.46. The van der Waals surface area contributed by atoms with Gasteiger partial charge in [0.15, 0.2) is 6.17 Å². The van der Waals surface area contributed by atoms with E-state index >= 15 is 0 Å². The van der Waals surface area contributed by atoms with E-state index in [1.54, 1.807) is 0 Å². The largest absolute Gasteiger partial charge is 0.427 e. The normalized spacial score (nSPS) is 16.6. The molecule has 0 fully saturated rings. The van der Waals surface area contributed by atoms with Crippen molar-refractivity contribution in [1.29, 1.82) is 0 Å². The Morgan fingerprint density at radius 3 is 1.45 bits per heavy atom. The standard InChI is InChI=1S/C7H4F12O/c8-2(1-4(11,12)13)5(14,15)7(18,19)20-6(16,17)3(9)10/h2-3H,1H2. The summed E-state index contributed by atoms with van der Waals surface area (Å²) in [5.74, 6) is -6.40. The smallest absolute Gasteiger partial charge is 0.246 e. The minimum absolute atomic E-state index is 1.81. The van der Waals surface area contributed by atoms with Crippen LogP contribution in [0.2, 0.25) is 0 Å². The predicted octanol–water partition coefficient (Wildman–Crippen LogP) is 4.38. The number of rotatable bonds is 6. The number of halogens is 12. The molecule has 0 aromatic carbocycles. The maximum absolute atomic E-state index is 12.6. The lowest BCUT2D eigenvalue weighted by Gasteiger charge is -2.31. The maximum Gasteiger partial charge on any atom is 0.427 e. The second-order valence-electron chi connectivity index (χ2n) is 3.39. The molecule has 0 radical (unpaired) electrons. The lowest BCUT2D eigenvalue weighted by atomic mass is 10.1. The summed E-state index contributed by atoms with van der Waals surface area (Å²) in [6.07, 6.45) is -31.1. The van der Waals surface area contributed by atoms with Gasteiger partial charge in [0.05, 0.1) is 6.42 Å². The Kier molecular flexibility index (Phi) is 5.24. The molecule has 0 saturated heterocycles. The molecule has 0 amide bonds. The van der Waals surface area contributed by atoms with Crippen molar-refractivity contribution in [1.82, 2.24) is 0 Å². The van der Waals surface area contributed by atoms with Crippen LogP contribution >= 0.6 is 0 Å². The highest BCUT2D eigenvalue weighted by atomic mass is 19.4. The van der Waals surface area contributed by atoms with Gasteiger partial charge in [0, 0.05) is 0 Å². The van der Waals surface area contributed by atoms with Gasteiger partial charge in [-0.15, -0.1) is 0 Å². The molecule has 0 spiro atoms. The van der Waals surface area contributed by atoms with E-state index in [1.165, 1.54) is 0 Å². The first-order chi connectivity index (χ1) is 8.53. The lowest BCUT2D eigenvalue weighted by molar-refractivity contribution is -0.456. The van der Waals surface area contributed by atoms with Crippen LogP contribution in [0.1, 0.15) is 6.42 Å². The van der Waals surface area contributed by atoms with Crippen molar-refractivity contribution >= 4 is 0 Å². The van der Waals surface area contributed by atoms with Gasteiger partial charge in [0.1, 0.15) is 0 Å². The van der Waals surface area contributed by atoms with Crippen molar-refractivity contribution in [2.24, 2.45) is 0 Å². The molecule has 0 heterocycles. The van der Waals surface area contributed by atoms with Gasteiger partial charge in [-0.25, -0.2) is 17.9 Å². The Bertz CT molecular complexity index is 320. The van der Waals surface area contributed by atoms with Gasteiger partial charge in [0.2, 0.25) is 0 Å². The first-order valence-corrected chi connectivity index (χ1v) is 4.35. The van der Waals surface area contributed by atoms with Gasteiger partial charge in [-0.05, 0) is 0 Å². The molecule has 13 heteroatoms.